The molecule has 2 bridgehead atoms. The van der Waals surface area contributed by atoms with Crippen molar-refractivity contribution in [1.29, 1.82) is 0 Å². The highest BCUT2D eigenvalue weighted by Crippen LogP contribution is 2.53. The van der Waals surface area contributed by atoms with Gasteiger partial charge in [0.25, 0.3) is 0 Å². The molecule has 2 saturated heterocycles. The number of benzene rings is 2. The Balaban J connectivity index is 1.40. The minimum Gasteiger partial charge on any atom is -0.374 e. The Bertz CT molecular complexity index is 1010. The first-order valence-electron chi connectivity index (χ1n) is 11.4. The lowest BCUT2D eigenvalue weighted by Crippen LogP contribution is -2.56. The maximum atomic E-state index is 13.6. The van der Waals surface area contributed by atoms with Gasteiger partial charge < -0.3 is 9.47 Å². The number of hydrogen-bond donors (Lipinski definition) is 0. The number of sulfonamides is 1. The first-order valence-corrected chi connectivity index (χ1v) is 12.8. The highest BCUT2D eigenvalue weighted by molar-refractivity contribution is 7.89. The Kier molecular flexibility index (Phi) is 5.67. The Morgan fingerprint density at radius 2 is 1.84 bits per heavy atom. The molecule has 4 atom stereocenters. The molecule has 2 aliphatic heterocycles. The van der Waals surface area contributed by atoms with Gasteiger partial charge in [-0.25, -0.2) is 8.42 Å². The third kappa shape index (κ3) is 3.84. The minimum atomic E-state index is -3.58. The molecule has 0 unspecified atom stereocenters. The molecule has 5 rings (SSSR count). The zero-order valence-electron chi connectivity index (χ0n) is 18.1. The van der Waals surface area contributed by atoms with E-state index in [1.807, 2.05) is 49.4 Å². The van der Waals surface area contributed by atoms with Gasteiger partial charge in [-0.3, -0.25) is 0 Å². The smallest absolute Gasteiger partial charge is 0.243 e. The van der Waals surface area contributed by atoms with Crippen molar-refractivity contribution < 1.29 is 17.9 Å². The normalized spacial score (nSPS) is 30.8. The van der Waals surface area contributed by atoms with Crippen molar-refractivity contribution in [1.82, 2.24) is 4.31 Å². The second-order valence-corrected chi connectivity index (χ2v) is 11.1. The molecule has 2 aromatic rings. The minimum absolute atomic E-state index is 0.156. The molecule has 1 saturated carbocycles. The fourth-order valence-electron chi connectivity index (χ4n) is 5.83. The molecular formula is C25H31NO4S. The Morgan fingerprint density at radius 1 is 1.06 bits per heavy atom. The van der Waals surface area contributed by atoms with Gasteiger partial charge in [0.15, 0.2) is 0 Å². The van der Waals surface area contributed by atoms with Gasteiger partial charge in [-0.05, 0) is 43.9 Å². The van der Waals surface area contributed by atoms with Gasteiger partial charge >= 0.3 is 0 Å². The lowest BCUT2D eigenvalue weighted by molar-refractivity contribution is -0.0991. The zero-order chi connectivity index (χ0) is 21.5. The van der Waals surface area contributed by atoms with Crippen LogP contribution in [0.2, 0.25) is 0 Å². The predicted octanol–water partition coefficient (Wildman–Crippen LogP) is 4.30. The summed E-state index contributed by atoms with van der Waals surface area (Å²) in [4.78, 5) is 0.372. The van der Waals surface area contributed by atoms with Crippen LogP contribution in [0.5, 0.6) is 0 Å². The first-order chi connectivity index (χ1) is 15.0. The van der Waals surface area contributed by atoms with Crippen molar-refractivity contribution in [2.45, 2.75) is 68.3 Å². The number of rotatable bonds is 6. The standard InChI is InChI=1S/C25H31NO4S/c1-19-10-12-21(13-11-19)31(27,28)26-16-15-25-14-6-5-9-22(25)24(26)23(30-25)18-29-17-20-7-3-2-4-8-20/h2-4,7-8,10-13,22-24H,5-6,9,14-18H2,1H3/t22-,23+,24-,25+/m0/s1. The fourth-order valence-corrected chi connectivity index (χ4v) is 7.51. The van der Waals surface area contributed by atoms with Crippen LogP contribution in [0.3, 0.4) is 0 Å². The van der Waals surface area contributed by atoms with E-state index in [1.54, 1.807) is 16.4 Å². The lowest BCUT2D eigenvalue weighted by Gasteiger charge is -2.46. The average molecular weight is 442 g/mol. The summed E-state index contributed by atoms with van der Waals surface area (Å²) in [6.45, 7) is 3.42. The van der Waals surface area contributed by atoms with E-state index in [4.69, 9.17) is 9.47 Å². The summed E-state index contributed by atoms with van der Waals surface area (Å²) in [5, 5.41) is 0. The number of nitrogens with zero attached hydrogens (tertiary/aromatic N) is 1. The molecule has 0 radical (unpaired) electrons. The van der Waals surface area contributed by atoms with Gasteiger partial charge in [0.2, 0.25) is 10.0 Å². The van der Waals surface area contributed by atoms with E-state index in [0.29, 0.717) is 24.7 Å². The van der Waals surface area contributed by atoms with Crippen LogP contribution in [0.4, 0.5) is 0 Å². The summed E-state index contributed by atoms with van der Waals surface area (Å²) in [6, 6.07) is 17.1. The number of piperidine rings is 1. The van der Waals surface area contributed by atoms with E-state index in [1.165, 1.54) is 0 Å². The van der Waals surface area contributed by atoms with E-state index in [-0.39, 0.29) is 23.7 Å². The first kappa shape index (κ1) is 21.1. The molecule has 2 aromatic carbocycles. The second-order valence-electron chi connectivity index (χ2n) is 9.24. The summed E-state index contributed by atoms with van der Waals surface area (Å²) in [5.41, 5.74) is 1.99. The fraction of sp³-hybridized carbons (Fsp3) is 0.520. The molecule has 3 aliphatic rings. The lowest BCUT2D eigenvalue weighted by atomic mass is 9.69. The number of ether oxygens (including phenoxy) is 2. The number of aryl methyl sites for hydroxylation is 1. The third-order valence-corrected chi connectivity index (χ3v) is 9.24. The summed E-state index contributed by atoms with van der Waals surface area (Å²) in [5.74, 6) is 0.251. The molecule has 166 valence electrons. The summed E-state index contributed by atoms with van der Waals surface area (Å²) in [6.07, 6.45) is 4.90. The van der Waals surface area contributed by atoms with Crippen LogP contribution in [0.25, 0.3) is 0 Å². The van der Waals surface area contributed by atoms with Gasteiger partial charge in [-0.1, -0.05) is 60.9 Å². The van der Waals surface area contributed by atoms with Gasteiger partial charge in [-0.15, -0.1) is 0 Å². The highest BCUT2D eigenvalue weighted by atomic mass is 32.2. The van der Waals surface area contributed by atoms with Crippen LogP contribution >= 0.6 is 0 Å². The van der Waals surface area contributed by atoms with Gasteiger partial charge in [-0.2, -0.15) is 4.31 Å². The van der Waals surface area contributed by atoms with Gasteiger partial charge in [0, 0.05) is 12.5 Å². The van der Waals surface area contributed by atoms with Crippen LogP contribution in [0, 0.1) is 12.8 Å². The van der Waals surface area contributed by atoms with E-state index in [2.05, 4.69) is 0 Å². The van der Waals surface area contributed by atoms with Gasteiger partial charge in [0.1, 0.15) is 0 Å². The average Bonchev–Trinajstić information content (AvgIpc) is 3.00. The Labute approximate surface area is 185 Å². The quantitative estimate of drug-likeness (QED) is 0.671. The maximum absolute atomic E-state index is 13.6. The highest BCUT2D eigenvalue weighted by Gasteiger charge is 2.61. The Hall–Kier alpha value is -1.73. The second kappa shape index (κ2) is 8.32. The zero-order valence-corrected chi connectivity index (χ0v) is 18.9. The molecule has 5 nitrogen and oxygen atoms in total. The predicted molar refractivity (Wildman–Crippen MR) is 119 cm³/mol. The third-order valence-electron chi connectivity index (χ3n) is 7.33. The van der Waals surface area contributed by atoms with Crippen LogP contribution in [0.15, 0.2) is 59.5 Å². The molecule has 0 aromatic heterocycles. The van der Waals surface area contributed by atoms with Crippen LogP contribution in [-0.2, 0) is 26.1 Å². The van der Waals surface area contributed by atoms with Crippen molar-refractivity contribution in [3.8, 4) is 0 Å². The van der Waals surface area contributed by atoms with E-state index >= 15 is 0 Å². The van der Waals surface area contributed by atoms with Crippen molar-refractivity contribution in [2.24, 2.45) is 5.92 Å². The van der Waals surface area contributed by atoms with Crippen molar-refractivity contribution in [3.05, 3.63) is 65.7 Å². The molecule has 3 fully saturated rings. The molecule has 31 heavy (non-hydrogen) atoms. The molecule has 6 heteroatoms. The summed E-state index contributed by atoms with van der Waals surface area (Å²) >= 11 is 0. The topological polar surface area (TPSA) is 55.8 Å². The molecule has 1 aliphatic carbocycles. The largest absolute Gasteiger partial charge is 0.374 e. The Morgan fingerprint density at radius 3 is 2.61 bits per heavy atom. The molecule has 0 N–H and O–H groups in total. The molecule has 0 amide bonds. The van der Waals surface area contributed by atoms with E-state index in [0.717, 1.165) is 43.2 Å². The van der Waals surface area contributed by atoms with Crippen LogP contribution in [0.1, 0.15) is 43.2 Å². The summed E-state index contributed by atoms with van der Waals surface area (Å²) < 4.78 is 41.7. The van der Waals surface area contributed by atoms with Gasteiger partial charge in [0.05, 0.1) is 35.9 Å². The SMILES string of the molecule is Cc1ccc(S(=O)(=O)N2CC[C@]34CCCC[C@H]3[C@H]2[C@@H](COCc2ccccc2)O4)cc1. The van der Waals surface area contributed by atoms with Crippen molar-refractivity contribution in [3.63, 3.8) is 0 Å². The number of hydrogen-bond acceptors (Lipinski definition) is 4. The van der Waals surface area contributed by atoms with Crippen molar-refractivity contribution >= 4 is 10.0 Å². The molecule has 0 spiro atoms. The molecule has 2 heterocycles. The maximum Gasteiger partial charge on any atom is 0.243 e. The summed E-state index contributed by atoms with van der Waals surface area (Å²) in [7, 11) is -3.58. The van der Waals surface area contributed by atoms with Crippen LogP contribution < -0.4 is 0 Å². The monoisotopic (exact) mass is 441 g/mol. The van der Waals surface area contributed by atoms with Crippen molar-refractivity contribution in [2.75, 3.05) is 13.2 Å². The van der Waals surface area contributed by atoms with E-state index < -0.39 is 10.0 Å². The van der Waals surface area contributed by atoms with Crippen LogP contribution in [-0.4, -0.2) is 43.6 Å². The molecular weight excluding hydrogens is 410 g/mol. The van der Waals surface area contributed by atoms with E-state index in [9.17, 15) is 8.42 Å².